The smallest absolute Gasteiger partial charge is 0.168 e. The van der Waals surface area contributed by atoms with Gasteiger partial charge in [-0.3, -0.25) is 0 Å². The predicted molar refractivity (Wildman–Crippen MR) is 89.2 cm³/mol. The number of thiophene rings is 1. The Morgan fingerprint density at radius 1 is 1.33 bits per heavy atom. The molecule has 0 radical (unpaired) electrons. The predicted octanol–water partition coefficient (Wildman–Crippen LogP) is 3.38. The Bertz CT molecular complexity index is 790. The molecule has 3 rings (SSSR count). The highest BCUT2D eigenvalue weighted by Gasteiger charge is 2.14. The zero-order valence-electron chi connectivity index (χ0n) is 12.5. The number of nitrogens with one attached hydrogen (secondary N) is 1. The van der Waals surface area contributed by atoms with Crippen LogP contribution in [0.4, 0.5) is 5.82 Å². The van der Waals surface area contributed by atoms with E-state index < -0.39 is 0 Å². The quantitative estimate of drug-likeness (QED) is 0.747. The van der Waals surface area contributed by atoms with Crippen molar-refractivity contribution in [3.63, 3.8) is 0 Å². The maximum Gasteiger partial charge on any atom is 0.168 e. The van der Waals surface area contributed by atoms with E-state index in [0.29, 0.717) is 5.75 Å². The molecule has 0 spiro atoms. The molecule has 0 bridgehead atoms. The Balaban J connectivity index is 1.94. The SMILES string of the molecule is CNc1nc(CSc2nccn2C)nc2sc(C)c(C)c12. The lowest BCUT2D eigenvalue weighted by Gasteiger charge is -2.06. The summed E-state index contributed by atoms with van der Waals surface area (Å²) in [7, 11) is 3.90. The average molecular weight is 319 g/mol. The van der Waals surface area contributed by atoms with Crippen LogP contribution in [0, 0.1) is 13.8 Å². The van der Waals surface area contributed by atoms with E-state index in [4.69, 9.17) is 4.98 Å². The molecule has 0 saturated heterocycles. The van der Waals surface area contributed by atoms with Gasteiger partial charge in [-0.05, 0) is 19.4 Å². The lowest BCUT2D eigenvalue weighted by Crippen LogP contribution is -2.00. The van der Waals surface area contributed by atoms with E-state index >= 15 is 0 Å². The Morgan fingerprint density at radius 3 is 2.81 bits per heavy atom. The summed E-state index contributed by atoms with van der Waals surface area (Å²) >= 11 is 3.38. The van der Waals surface area contributed by atoms with Gasteiger partial charge in [0.05, 0.1) is 11.1 Å². The molecular formula is C14H17N5S2. The van der Waals surface area contributed by atoms with Crippen LogP contribution in [0.1, 0.15) is 16.3 Å². The van der Waals surface area contributed by atoms with E-state index in [9.17, 15) is 0 Å². The number of hydrogen-bond acceptors (Lipinski definition) is 6. The Morgan fingerprint density at radius 2 is 2.14 bits per heavy atom. The molecule has 21 heavy (non-hydrogen) atoms. The lowest BCUT2D eigenvalue weighted by molar-refractivity contribution is 0.789. The third-order valence-electron chi connectivity index (χ3n) is 3.42. The summed E-state index contributed by atoms with van der Waals surface area (Å²) in [5.74, 6) is 2.46. The first-order chi connectivity index (χ1) is 10.1. The summed E-state index contributed by atoms with van der Waals surface area (Å²) in [5.41, 5.74) is 1.27. The molecule has 0 saturated carbocycles. The van der Waals surface area contributed by atoms with Crippen molar-refractivity contribution >= 4 is 39.1 Å². The van der Waals surface area contributed by atoms with Crippen molar-refractivity contribution in [1.29, 1.82) is 0 Å². The monoisotopic (exact) mass is 319 g/mol. The third-order valence-corrected chi connectivity index (χ3v) is 5.57. The maximum absolute atomic E-state index is 4.70. The minimum Gasteiger partial charge on any atom is -0.372 e. The minimum atomic E-state index is 0.714. The van der Waals surface area contributed by atoms with Gasteiger partial charge in [-0.1, -0.05) is 11.8 Å². The zero-order chi connectivity index (χ0) is 15.0. The molecule has 0 aliphatic rings. The molecule has 5 nitrogen and oxygen atoms in total. The molecular weight excluding hydrogens is 302 g/mol. The van der Waals surface area contributed by atoms with E-state index in [2.05, 4.69) is 29.1 Å². The number of hydrogen-bond donors (Lipinski definition) is 1. The highest BCUT2D eigenvalue weighted by atomic mass is 32.2. The van der Waals surface area contributed by atoms with Gasteiger partial charge in [0.25, 0.3) is 0 Å². The molecule has 0 aliphatic carbocycles. The molecule has 1 N–H and O–H groups in total. The summed E-state index contributed by atoms with van der Waals surface area (Å²) in [6.45, 7) is 4.25. The van der Waals surface area contributed by atoms with Gasteiger partial charge >= 0.3 is 0 Å². The Kier molecular flexibility index (Phi) is 3.86. The van der Waals surface area contributed by atoms with Crippen molar-refractivity contribution in [2.24, 2.45) is 7.05 Å². The lowest BCUT2D eigenvalue weighted by atomic mass is 10.2. The van der Waals surface area contributed by atoms with Crippen LogP contribution < -0.4 is 5.32 Å². The molecule has 0 atom stereocenters. The number of aromatic nitrogens is 4. The third kappa shape index (κ3) is 2.63. The second kappa shape index (κ2) is 5.65. The first kappa shape index (κ1) is 14.3. The van der Waals surface area contributed by atoms with Crippen LogP contribution in [0.3, 0.4) is 0 Å². The van der Waals surface area contributed by atoms with Crippen LogP contribution in [0.15, 0.2) is 17.6 Å². The van der Waals surface area contributed by atoms with E-state index in [0.717, 1.165) is 27.0 Å². The number of anilines is 1. The molecule has 3 aromatic heterocycles. The fourth-order valence-corrected chi connectivity index (χ4v) is 3.99. The van der Waals surface area contributed by atoms with Gasteiger partial charge in [-0.2, -0.15) is 0 Å². The summed E-state index contributed by atoms with van der Waals surface area (Å²) < 4.78 is 2.00. The van der Waals surface area contributed by atoms with Crippen molar-refractivity contribution in [3.05, 3.63) is 28.7 Å². The standard InChI is InChI=1S/C14H17N5S2/c1-8-9(2)21-13-11(8)12(15-3)17-10(18-13)7-20-14-16-5-6-19(14)4/h5-6H,7H2,1-4H3,(H,15,17,18). The molecule has 0 aliphatic heterocycles. The van der Waals surface area contributed by atoms with Crippen LogP contribution >= 0.6 is 23.1 Å². The number of thioether (sulfide) groups is 1. The largest absolute Gasteiger partial charge is 0.372 e. The molecule has 110 valence electrons. The number of imidazole rings is 1. The average Bonchev–Trinajstić information content (AvgIpc) is 3.00. The van der Waals surface area contributed by atoms with Crippen LogP contribution in [0.2, 0.25) is 0 Å². The topological polar surface area (TPSA) is 55.6 Å². The van der Waals surface area contributed by atoms with Gasteiger partial charge in [0.1, 0.15) is 16.5 Å². The van der Waals surface area contributed by atoms with E-state index in [1.165, 1.54) is 10.4 Å². The van der Waals surface area contributed by atoms with Crippen LogP contribution in [-0.4, -0.2) is 26.6 Å². The Hall–Kier alpha value is -1.60. The second-order valence-corrected chi connectivity index (χ2v) is 6.96. The number of rotatable bonds is 4. The molecule has 7 heteroatoms. The van der Waals surface area contributed by atoms with Gasteiger partial charge in [0.2, 0.25) is 0 Å². The van der Waals surface area contributed by atoms with Gasteiger partial charge in [-0.15, -0.1) is 11.3 Å². The summed E-state index contributed by atoms with van der Waals surface area (Å²) in [5, 5.41) is 5.31. The van der Waals surface area contributed by atoms with Crippen molar-refractivity contribution < 1.29 is 0 Å². The highest BCUT2D eigenvalue weighted by Crippen LogP contribution is 2.33. The maximum atomic E-state index is 4.70. The van der Waals surface area contributed by atoms with E-state index in [1.54, 1.807) is 29.3 Å². The highest BCUT2D eigenvalue weighted by molar-refractivity contribution is 7.98. The number of fused-ring (bicyclic) bond motifs is 1. The van der Waals surface area contributed by atoms with E-state index in [-0.39, 0.29) is 0 Å². The van der Waals surface area contributed by atoms with Crippen LogP contribution in [0.5, 0.6) is 0 Å². The van der Waals surface area contributed by atoms with Gasteiger partial charge in [-0.25, -0.2) is 15.0 Å². The summed E-state index contributed by atoms with van der Waals surface area (Å²) in [4.78, 5) is 16.0. The minimum absolute atomic E-state index is 0.714. The molecule has 0 amide bonds. The van der Waals surface area contributed by atoms with Crippen molar-refractivity contribution in [2.45, 2.75) is 24.8 Å². The summed E-state index contributed by atoms with van der Waals surface area (Å²) in [6.07, 6.45) is 3.74. The number of aryl methyl sites for hydroxylation is 3. The second-order valence-electron chi connectivity index (χ2n) is 4.81. The first-order valence-corrected chi connectivity index (χ1v) is 8.45. The molecule has 0 fully saturated rings. The first-order valence-electron chi connectivity index (χ1n) is 6.64. The van der Waals surface area contributed by atoms with Gasteiger partial charge in [0, 0.05) is 31.4 Å². The van der Waals surface area contributed by atoms with Gasteiger partial charge in [0.15, 0.2) is 5.16 Å². The summed E-state index contributed by atoms with van der Waals surface area (Å²) in [6, 6.07) is 0. The van der Waals surface area contributed by atoms with Crippen molar-refractivity contribution in [3.8, 4) is 0 Å². The fraction of sp³-hybridized carbons (Fsp3) is 0.357. The Labute approximate surface area is 131 Å². The van der Waals surface area contributed by atoms with Crippen molar-refractivity contribution in [2.75, 3.05) is 12.4 Å². The van der Waals surface area contributed by atoms with Crippen molar-refractivity contribution in [1.82, 2.24) is 19.5 Å². The normalized spacial score (nSPS) is 11.2. The molecule has 3 heterocycles. The van der Waals surface area contributed by atoms with Gasteiger partial charge < -0.3 is 9.88 Å². The molecule has 3 aromatic rings. The zero-order valence-corrected chi connectivity index (χ0v) is 14.1. The fourth-order valence-electron chi connectivity index (χ4n) is 2.16. The van der Waals surface area contributed by atoms with Crippen LogP contribution in [-0.2, 0) is 12.8 Å². The molecule has 0 aromatic carbocycles. The van der Waals surface area contributed by atoms with Crippen LogP contribution in [0.25, 0.3) is 10.2 Å². The molecule has 0 unspecified atom stereocenters. The number of nitrogens with zero attached hydrogens (tertiary/aromatic N) is 4. The van der Waals surface area contributed by atoms with E-state index in [1.807, 2.05) is 24.9 Å².